The first kappa shape index (κ1) is 22.0. The van der Waals surface area contributed by atoms with E-state index in [0.29, 0.717) is 11.0 Å². The predicted molar refractivity (Wildman–Crippen MR) is 109 cm³/mol. The number of carbonyl (C=O) groups is 2. The lowest BCUT2D eigenvalue weighted by atomic mass is 10.0. The molecule has 0 heterocycles. The third-order valence-corrected chi connectivity index (χ3v) is 4.49. The van der Waals surface area contributed by atoms with E-state index >= 15 is 0 Å². The molecule has 0 saturated heterocycles. The fraction of sp³-hybridized carbons (Fsp3) is 0.529. The van der Waals surface area contributed by atoms with Gasteiger partial charge in [0.25, 0.3) is 5.91 Å². The average Bonchev–Trinajstić information content (AvgIpc) is 2.62. The molecule has 0 bridgehead atoms. The van der Waals surface area contributed by atoms with Crippen molar-refractivity contribution in [3.63, 3.8) is 0 Å². The summed E-state index contributed by atoms with van der Waals surface area (Å²) in [5, 5.41) is 19.0. The van der Waals surface area contributed by atoms with Crippen LogP contribution in [0.5, 0.6) is 5.75 Å². The van der Waals surface area contributed by atoms with Gasteiger partial charge in [-0.2, -0.15) is 0 Å². The van der Waals surface area contributed by atoms with Gasteiger partial charge < -0.3 is 15.7 Å². The minimum absolute atomic E-state index is 0.0285. The second kappa shape index (κ2) is 12.4. The molecule has 26 heavy (non-hydrogen) atoms. The van der Waals surface area contributed by atoms with Crippen LogP contribution in [0, 0.1) is 0 Å². The number of benzene rings is 1. The molecule has 0 aromatic heterocycles. The average molecular weight is 473 g/mol. The number of amides is 2. The zero-order chi connectivity index (χ0) is 19.4. The van der Waals surface area contributed by atoms with Gasteiger partial charge in [-0.05, 0) is 36.9 Å². The molecule has 0 fully saturated rings. The van der Waals surface area contributed by atoms with Gasteiger partial charge in [-0.15, -0.1) is 0 Å². The van der Waals surface area contributed by atoms with E-state index in [1.54, 1.807) is 0 Å². The molecule has 0 aliphatic rings. The molecule has 1 unspecified atom stereocenters. The van der Waals surface area contributed by atoms with Crippen LogP contribution in [0.1, 0.15) is 49.4 Å². The van der Waals surface area contributed by atoms with Gasteiger partial charge in [0, 0.05) is 23.2 Å². The molecule has 0 aliphatic carbocycles. The summed E-state index contributed by atoms with van der Waals surface area (Å²) in [6, 6.07) is 4.24. The van der Waals surface area contributed by atoms with Gasteiger partial charge in [-0.25, -0.2) is 0 Å². The Bertz CT molecular complexity index is 662. The molecule has 0 spiro atoms. The molecule has 1 rings (SSSR count). The first-order chi connectivity index (χ1) is 12.5. The lowest BCUT2D eigenvalue weighted by Crippen LogP contribution is -2.36. The summed E-state index contributed by atoms with van der Waals surface area (Å²) < 4.78 is 0.433. The predicted octanol–water partition coefficient (Wildman–Crippen LogP) is 3.95. The molecule has 2 amide bonds. The van der Waals surface area contributed by atoms with Crippen LogP contribution < -0.4 is 10.6 Å². The highest BCUT2D eigenvalue weighted by Crippen LogP contribution is 2.24. The van der Waals surface area contributed by atoms with Crippen LogP contribution in [0.3, 0.4) is 0 Å². The maximum absolute atomic E-state index is 12.1. The number of azide groups is 1. The number of halogens is 1. The van der Waals surface area contributed by atoms with Crippen molar-refractivity contribution < 1.29 is 14.7 Å². The summed E-state index contributed by atoms with van der Waals surface area (Å²) in [5.41, 5.74) is 8.74. The SMILES string of the molecule is CCCCC(CCCNC(=O)c1ccc(N=[N+]=[N-])cc1O)NC(=O)CI. The highest BCUT2D eigenvalue weighted by atomic mass is 127. The quantitative estimate of drug-likeness (QED) is 0.112. The van der Waals surface area contributed by atoms with Crippen molar-refractivity contribution in [2.75, 3.05) is 11.0 Å². The van der Waals surface area contributed by atoms with E-state index in [4.69, 9.17) is 5.53 Å². The van der Waals surface area contributed by atoms with Crippen molar-refractivity contribution in [1.82, 2.24) is 10.6 Å². The number of carbonyl (C=O) groups excluding carboxylic acids is 2. The number of hydrogen-bond donors (Lipinski definition) is 3. The molecule has 3 N–H and O–H groups in total. The molecule has 142 valence electrons. The maximum atomic E-state index is 12.1. The first-order valence-electron chi connectivity index (χ1n) is 8.53. The third kappa shape index (κ3) is 7.92. The van der Waals surface area contributed by atoms with Gasteiger partial charge in [-0.1, -0.05) is 53.5 Å². The standard InChI is InChI=1S/C17H24IN5O3/c1-2-3-5-12(21-16(25)11-18)6-4-9-20-17(26)14-8-7-13(22-23-19)10-15(14)24/h7-8,10,12,24H,2-6,9,11H2,1H3,(H,20,26)(H,21,25). The van der Waals surface area contributed by atoms with Crippen LogP contribution in [0.2, 0.25) is 0 Å². The highest BCUT2D eigenvalue weighted by molar-refractivity contribution is 14.1. The van der Waals surface area contributed by atoms with E-state index in [0.717, 1.165) is 32.1 Å². The van der Waals surface area contributed by atoms with Crippen LogP contribution >= 0.6 is 22.6 Å². The van der Waals surface area contributed by atoms with Crippen molar-refractivity contribution in [3.8, 4) is 5.75 Å². The summed E-state index contributed by atoms with van der Waals surface area (Å²) in [7, 11) is 0. The number of unbranched alkanes of at least 4 members (excludes halogenated alkanes) is 1. The second-order valence-corrected chi connectivity index (χ2v) is 6.59. The zero-order valence-electron chi connectivity index (χ0n) is 14.7. The topological polar surface area (TPSA) is 127 Å². The van der Waals surface area contributed by atoms with E-state index in [2.05, 4.69) is 27.6 Å². The van der Waals surface area contributed by atoms with E-state index in [-0.39, 0.29) is 28.9 Å². The summed E-state index contributed by atoms with van der Waals surface area (Å²) in [4.78, 5) is 26.3. The van der Waals surface area contributed by atoms with Crippen molar-refractivity contribution >= 4 is 40.1 Å². The Morgan fingerprint density at radius 2 is 2.08 bits per heavy atom. The molecule has 0 saturated carbocycles. The Morgan fingerprint density at radius 3 is 2.69 bits per heavy atom. The number of nitrogens with one attached hydrogen (secondary N) is 2. The molecule has 1 aromatic rings. The van der Waals surface area contributed by atoms with Crippen LogP contribution in [0.15, 0.2) is 23.3 Å². The van der Waals surface area contributed by atoms with E-state index in [9.17, 15) is 14.7 Å². The maximum Gasteiger partial charge on any atom is 0.255 e. The molecule has 0 radical (unpaired) electrons. The zero-order valence-corrected chi connectivity index (χ0v) is 16.9. The van der Waals surface area contributed by atoms with E-state index in [1.807, 2.05) is 22.6 Å². The molecular weight excluding hydrogens is 449 g/mol. The fourth-order valence-electron chi connectivity index (χ4n) is 2.48. The molecule has 9 heteroatoms. The minimum Gasteiger partial charge on any atom is -0.507 e. The van der Waals surface area contributed by atoms with Crippen molar-refractivity contribution in [3.05, 3.63) is 34.2 Å². The van der Waals surface area contributed by atoms with Crippen molar-refractivity contribution in [2.24, 2.45) is 5.11 Å². The molecule has 1 aromatic carbocycles. The van der Waals surface area contributed by atoms with Gasteiger partial charge in [-0.3, -0.25) is 9.59 Å². The fourth-order valence-corrected chi connectivity index (χ4v) is 2.70. The van der Waals surface area contributed by atoms with E-state index in [1.165, 1.54) is 18.2 Å². The monoisotopic (exact) mass is 473 g/mol. The van der Waals surface area contributed by atoms with E-state index < -0.39 is 5.91 Å². The second-order valence-electron chi connectivity index (χ2n) is 5.83. The molecule has 0 aliphatic heterocycles. The molecular formula is C17H24IN5O3. The lowest BCUT2D eigenvalue weighted by Gasteiger charge is -2.18. The van der Waals surface area contributed by atoms with Crippen LogP contribution in [0.25, 0.3) is 10.4 Å². The summed E-state index contributed by atoms with van der Waals surface area (Å²) in [6.07, 6.45) is 4.54. The normalized spacial score (nSPS) is 11.3. The minimum atomic E-state index is -0.392. The number of rotatable bonds is 11. The number of alkyl halides is 1. The number of nitrogens with zero attached hydrogens (tertiary/aromatic N) is 3. The number of hydrogen-bond acceptors (Lipinski definition) is 4. The smallest absolute Gasteiger partial charge is 0.255 e. The Balaban J connectivity index is 2.48. The summed E-state index contributed by atoms with van der Waals surface area (Å²) >= 11 is 2.04. The van der Waals surface area contributed by atoms with Crippen molar-refractivity contribution in [2.45, 2.75) is 45.1 Å². The molecule has 8 nitrogen and oxygen atoms in total. The van der Waals surface area contributed by atoms with Gasteiger partial charge in [0.2, 0.25) is 5.91 Å². The highest BCUT2D eigenvalue weighted by Gasteiger charge is 2.13. The van der Waals surface area contributed by atoms with Gasteiger partial charge in [0.05, 0.1) is 9.99 Å². The van der Waals surface area contributed by atoms with Crippen molar-refractivity contribution in [1.29, 1.82) is 0 Å². The Hall–Kier alpha value is -2.00. The van der Waals surface area contributed by atoms with Gasteiger partial charge in [0.15, 0.2) is 0 Å². The Morgan fingerprint density at radius 1 is 1.35 bits per heavy atom. The first-order valence-corrected chi connectivity index (χ1v) is 10.1. The Kier molecular flexibility index (Phi) is 10.5. The lowest BCUT2D eigenvalue weighted by molar-refractivity contribution is -0.119. The number of aromatic hydroxyl groups is 1. The summed E-state index contributed by atoms with van der Waals surface area (Å²) in [6.45, 7) is 2.55. The largest absolute Gasteiger partial charge is 0.507 e. The number of phenolic OH excluding ortho intramolecular Hbond substituents is 1. The van der Waals surface area contributed by atoms with Crippen LogP contribution in [-0.4, -0.2) is 33.9 Å². The van der Waals surface area contributed by atoms with Gasteiger partial charge >= 0.3 is 0 Å². The van der Waals surface area contributed by atoms with Crippen LogP contribution in [0.4, 0.5) is 5.69 Å². The Labute approximate surface area is 166 Å². The molecule has 1 atom stereocenters. The number of phenols is 1. The summed E-state index contributed by atoms with van der Waals surface area (Å²) in [5.74, 6) is -0.597. The third-order valence-electron chi connectivity index (χ3n) is 3.79. The van der Waals surface area contributed by atoms with Crippen LogP contribution in [-0.2, 0) is 4.79 Å². The van der Waals surface area contributed by atoms with Gasteiger partial charge in [0.1, 0.15) is 5.75 Å².